The molecule has 0 radical (unpaired) electrons. The van der Waals surface area contributed by atoms with E-state index in [9.17, 15) is 4.79 Å². The van der Waals surface area contributed by atoms with Crippen LogP contribution in [0.3, 0.4) is 0 Å². The molecule has 2 heterocycles. The summed E-state index contributed by atoms with van der Waals surface area (Å²) >= 11 is 1.58. The van der Waals surface area contributed by atoms with E-state index >= 15 is 0 Å². The number of carbonyl (C=O) groups is 1. The lowest BCUT2D eigenvalue weighted by atomic mass is 10.2. The zero-order valence-electron chi connectivity index (χ0n) is 8.51. The van der Waals surface area contributed by atoms with Gasteiger partial charge in [-0.1, -0.05) is 0 Å². The SMILES string of the molecule is Nc1cnccc1NC(=O)Cc1ccsc1. The van der Waals surface area contributed by atoms with E-state index in [0.717, 1.165) is 5.56 Å². The first kappa shape index (κ1) is 10.6. The molecular formula is C11H11N3OS. The highest BCUT2D eigenvalue weighted by Crippen LogP contribution is 2.16. The van der Waals surface area contributed by atoms with Crippen molar-refractivity contribution in [1.82, 2.24) is 4.98 Å². The fourth-order valence-electron chi connectivity index (χ4n) is 1.29. The molecule has 2 aromatic heterocycles. The molecule has 0 aromatic carbocycles. The van der Waals surface area contributed by atoms with Gasteiger partial charge >= 0.3 is 0 Å². The van der Waals surface area contributed by atoms with E-state index in [1.807, 2.05) is 16.8 Å². The van der Waals surface area contributed by atoms with Gasteiger partial charge in [-0.2, -0.15) is 11.3 Å². The Labute approximate surface area is 97.1 Å². The molecule has 0 aliphatic carbocycles. The first-order chi connectivity index (χ1) is 7.75. The molecule has 0 atom stereocenters. The monoisotopic (exact) mass is 233 g/mol. The number of anilines is 2. The molecule has 0 aliphatic heterocycles. The normalized spacial score (nSPS) is 10.0. The lowest BCUT2D eigenvalue weighted by Gasteiger charge is -2.06. The predicted octanol–water partition coefficient (Wildman–Crippen LogP) is 1.91. The van der Waals surface area contributed by atoms with Gasteiger partial charge in [0.1, 0.15) is 0 Å². The van der Waals surface area contributed by atoms with Crippen LogP contribution in [0.1, 0.15) is 5.56 Å². The molecule has 2 aromatic rings. The summed E-state index contributed by atoms with van der Waals surface area (Å²) in [5.74, 6) is -0.0729. The predicted molar refractivity (Wildman–Crippen MR) is 65.3 cm³/mol. The van der Waals surface area contributed by atoms with Crippen LogP contribution in [0.4, 0.5) is 11.4 Å². The van der Waals surface area contributed by atoms with Gasteiger partial charge in [0.05, 0.1) is 24.0 Å². The van der Waals surface area contributed by atoms with E-state index in [2.05, 4.69) is 10.3 Å². The summed E-state index contributed by atoms with van der Waals surface area (Å²) in [5, 5.41) is 6.65. The first-order valence-corrected chi connectivity index (χ1v) is 5.70. The van der Waals surface area contributed by atoms with Gasteiger partial charge in [-0.3, -0.25) is 9.78 Å². The minimum absolute atomic E-state index is 0.0729. The number of rotatable bonds is 3. The summed E-state index contributed by atoms with van der Waals surface area (Å²) in [6.45, 7) is 0. The molecule has 1 amide bonds. The van der Waals surface area contributed by atoms with Crippen LogP contribution in [0, 0.1) is 0 Å². The molecule has 4 nitrogen and oxygen atoms in total. The molecule has 0 unspecified atom stereocenters. The van der Waals surface area contributed by atoms with E-state index in [4.69, 9.17) is 5.73 Å². The number of carbonyl (C=O) groups excluding carboxylic acids is 1. The molecule has 0 aliphatic rings. The van der Waals surface area contributed by atoms with Gasteiger partial charge in [-0.25, -0.2) is 0 Å². The number of nitrogens with two attached hydrogens (primary N) is 1. The van der Waals surface area contributed by atoms with Gasteiger partial charge in [0, 0.05) is 6.20 Å². The van der Waals surface area contributed by atoms with Crippen molar-refractivity contribution < 1.29 is 4.79 Å². The van der Waals surface area contributed by atoms with Gasteiger partial charge in [-0.05, 0) is 28.5 Å². The topological polar surface area (TPSA) is 68.0 Å². The second-order valence-corrected chi connectivity index (χ2v) is 4.10. The quantitative estimate of drug-likeness (QED) is 0.850. The number of nitrogens with zero attached hydrogens (tertiary/aromatic N) is 1. The lowest BCUT2D eigenvalue weighted by molar-refractivity contribution is -0.115. The summed E-state index contributed by atoms with van der Waals surface area (Å²) in [5.41, 5.74) is 7.76. The van der Waals surface area contributed by atoms with Crippen molar-refractivity contribution in [2.45, 2.75) is 6.42 Å². The highest BCUT2D eigenvalue weighted by molar-refractivity contribution is 7.08. The van der Waals surface area contributed by atoms with Crippen molar-refractivity contribution in [2.75, 3.05) is 11.1 Å². The summed E-state index contributed by atoms with van der Waals surface area (Å²) in [6.07, 6.45) is 3.47. The van der Waals surface area contributed by atoms with Crippen molar-refractivity contribution in [1.29, 1.82) is 0 Å². The third kappa shape index (κ3) is 2.58. The Kier molecular flexibility index (Phi) is 3.16. The Morgan fingerprint density at radius 2 is 2.38 bits per heavy atom. The Morgan fingerprint density at radius 3 is 3.06 bits per heavy atom. The molecule has 0 bridgehead atoms. The van der Waals surface area contributed by atoms with Crippen LogP contribution in [-0.4, -0.2) is 10.9 Å². The maximum absolute atomic E-state index is 11.6. The van der Waals surface area contributed by atoms with E-state index in [-0.39, 0.29) is 5.91 Å². The maximum Gasteiger partial charge on any atom is 0.228 e. The van der Waals surface area contributed by atoms with Crippen LogP contribution >= 0.6 is 11.3 Å². The number of aromatic nitrogens is 1. The molecule has 0 saturated carbocycles. The van der Waals surface area contributed by atoms with Gasteiger partial charge in [0.15, 0.2) is 0 Å². The Hall–Kier alpha value is -1.88. The van der Waals surface area contributed by atoms with Crippen LogP contribution in [0.5, 0.6) is 0 Å². The summed E-state index contributed by atoms with van der Waals surface area (Å²) < 4.78 is 0. The zero-order chi connectivity index (χ0) is 11.4. The number of nitrogens with one attached hydrogen (secondary N) is 1. The lowest BCUT2D eigenvalue weighted by Crippen LogP contribution is -2.15. The highest BCUT2D eigenvalue weighted by atomic mass is 32.1. The number of amides is 1. The van der Waals surface area contributed by atoms with Crippen LogP contribution < -0.4 is 11.1 Å². The Balaban J connectivity index is 2.00. The number of thiophene rings is 1. The molecule has 5 heteroatoms. The van der Waals surface area contributed by atoms with E-state index < -0.39 is 0 Å². The average molecular weight is 233 g/mol. The fraction of sp³-hybridized carbons (Fsp3) is 0.0909. The third-order valence-corrected chi connectivity index (χ3v) is 2.80. The van der Waals surface area contributed by atoms with Crippen molar-refractivity contribution in [3.8, 4) is 0 Å². The van der Waals surface area contributed by atoms with Crippen LogP contribution in [0.15, 0.2) is 35.3 Å². The molecule has 16 heavy (non-hydrogen) atoms. The minimum atomic E-state index is -0.0729. The second kappa shape index (κ2) is 4.76. The summed E-state index contributed by atoms with van der Waals surface area (Å²) in [7, 11) is 0. The smallest absolute Gasteiger partial charge is 0.228 e. The molecule has 0 spiro atoms. The fourth-order valence-corrected chi connectivity index (χ4v) is 1.96. The second-order valence-electron chi connectivity index (χ2n) is 3.32. The molecule has 3 N–H and O–H groups in total. The van der Waals surface area contributed by atoms with Crippen molar-refractivity contribution in [3.63, 3.8) is 0 Å². The van der Waals surface area contributed by atoms with E-state index in [1.54, 1.807) is 23.6 Å². The third-order valence-electron chi connectivity index (χ3n) is 2.07. The molecule has 2 rings (SSSR count). The molecule has 0 fully saturated rings. The van der Waals surface area contributed by atoms with Crippen LogP contribution in [0.2, 0.25) is 0 Å². The Morgan fingerprint density at radius 1 is 1.50 bits per heavy atom. The number of hydrogen-bond donors (Lipinski definition) is 2. The Bertz CT molecular complexity index is 482. The molecule has 0 saturated heterocycles. The van der Waals surface area contributed by atoms with Crippen molar-refractivity contribution >= 4 is 28.6 Å². The molecule has 82 valence electrons. The van der Waals surface area contributed by atoms with Crippen LogP contribution in [-0.2, 0) is 11.2 Å². The van der Waals surface area contributed by atoms with Gasteiger partial charge in [-0.15, -0.1) is 0 Å². The standard InChI is InChI=1S/C11H11N3OS/c12-9-6-13-3-1-10(9)14-11(15)5-8-2-4-16-7-8/h1-4,6-7H,5,12H2,(H,13,14,15). The van der Waals surface area contributed by atoms with Crippen molar-refractivity contribution in [2.24, 2.45) is 0 Å². The number of pyridine rings is 1. The number of hydrogen-bond acceptors (Lipinski definition) is 4. The summed E-state index contributed by atoms with van der Waals surface area (Å²) in [6, 6.07) is 3.61. The molecular weight excluding hydrogens is 222 g/mol. The number of nitrogen functional groups attached to an aromatic ring is 1. The van der Waals surface area contributed by atoms with Gasteiger partial charge in [0.2, 0.25) is 5.91 Å². The van der Waals surface area contributed by atoms with E-state index in [0.29, 0.717) is 17.8 Å². The average Bonchev–Trinajstić information content (AvgIpc) is 2.74. The summed E-state index contributed by atoms with van der Waals surface area (Å²) in [4.78, 5) is 15.5. The van der Waals surface area contributed by atoms with Crippen molar-refractivity contribution in [3.05, 3.63) is 40.8 Å². The van der Waals surface area contributed by atoms with Crippen LogP contribution in [0.25, 0.3) is 0 Å². The zero-order valence-corrected chi connectivity index (χ0v) is 9.33. The minimum Gasteiger partial charge on any atom is -0.396 e. The van der Waals surface area contributed by atoms with Gasteiger partial charge < -0.3 is 11.1 Å². The van der Waals surface area contributed by atoms with E-state index in [1.165, 1.54) is 6.20 Å². The first-order valence-electron chi connectivity index (χ1n) is 4.76. The maximum atomic E-state index is 11.6. The highest BCUT2D eigenvalue weighted by Gasteiger charge is 2.06. The van der Waals surface area contributed by atoms with Gasteiger partial charge in [0.25, 0.3) is 0 Å². The largest absolute Gasteiger partial charge is 0.396 e.